The fraction of sp³-hybridized carbons (Fsp3) is 0.657. The molecule has 1 saturated carbocycles. The third kappa shape index (κ3) is 36.0. The van der Waals surface area contributed by atoms with Crippen LogP contribution in [0.25, 0.3) is 0 Å². The molecule has 4 unspecified atom stereocenters. The number of alkyl carbamates (subject to hydrolysis) is 1. The Morgan fingerprint density at radius 2 is 1.45 bits per heavy atom. The number of carbonyl (C=O) groups is 2. The molecule has 1 fully saturated rings. The van der Waals surface area contributed by atoms with Gasteiger partial charge < -0.3 is 14.8 Å². The molecule has 0 radical (unpaired) electrons. The molecule has 2 aliphatic carbocycles. The number of ether oxygens (including phenoxy) is 2. The number of hydrogen-bond acceptors (Lipinski definition) is 5. The smallest absolute Gasteiger partial charge is 0.407 e. The van der Waals surface area contributed by atoms with Crippen LogP contribution in [0.15, 0.2) is 97.8 Å². The quantitative estimate of drug-likeness (QED) is 0.0723. The number of amides is 1. The summed E-state index contributed by atoms with van der Waals surface area (Å²) in [5.41, 5.74) is 12.7. The van der Waals surface area contributed by atoms with Gasteiger partial charge in [-0.3, -0.25) is 4.79 Å². The van der Waals surface area contributed by atoms with Crippen molar-refractivity contribution in [3.63, 3.8) is 0 Å². The van der Waals surface area contributed by atoms with Crippen molar-refractivity contribution in [1.82, 2.24) is 5.32 Å². The van der Waals surface area contributed by atoms with Gasteiger partial charge in [0.15, 0.2) is 5.78 Å². The Balaban J connectivity index is 0. The monoisotopic (exact) mass is 1150 g/mol. The van der Waals surface area contributed by atoms with Gasteiger partial charge in [-0.1, -0.05) is 226 Å². The SMILES string of the molecule is C=C(C)C(C)CC.CC1CCCC1.CCC(C)=CSC(C1=CC=C(CNC(=O)OC(C)(C)C)CC1)=C(C)C.CCC(C)OC.CCCCCC(CCC)c1ccc(C)c(C)c1.CCCc1cccc(Br)c1C(=O)C(C)CC. The first kappa shape index (κ1) is 75.9. The summed E-state index contributed by atoms with van der Waals surface area (Å²) in [4.78, 5) is 25.4. The number of thioether (sulfide) groups is 1. The lowest BCUT2D eigenvalue weighted by atomic mass is 9.88. The maximum Gasteiger partial charge on any atom is 0.407 e. The van der Waals surface area contributed by atoms with Crippen LogP contribution in [-0.2, 0) is 15.9 Å². The highest BCUT2D eigenvalue weighted by Gasteiger charge is 2.20. The van der Waals surface area contributed by atoms with Gasteiger partial charge in [-0.15, -0.1) is 0 Å². The summed E-state index contributed by atoms with van der Waals surface area (Å²) in [5.74, 6) is 2.91. The number of allylic oxidation sites excluding steroid dienone is 6. The first-order chi connectivity index (χ1) is 36.3. The van der Waals surface area contributed by atoms with Crippen molar-refractivity contribution in [3.05, 3.63) is 126 Å². The molecule has 0 aliphatic heterocycles. The molecule has 440 valence electrons. The van der Waals surface area contributed by atoms with Gasteiger partial charge in [0.25, 0.3) is 0 Å². The molecule has 4 atom stereocenters. The highest BCUT2D eigenvalue weighted by Crippen LogP contribution is 2.35. The molecule has 7 heteroatoms. The van der Waals surface area contributed by atoms with Crippen LogP contribution in [0.5, 0.6) is 0 Å². The van der Waals surface area contributed by atoms with Crippen LogP contribution in [0.2, 0.25) is 0 Å². The normalized spacial score (nSPS) is 14.7. The maximum atomic E-state index is 12.3. The summed E-state index contributed by atoms with van der Waals surface area (Å²) in [7, 11) is 1.73. The standard InChI is InChI=1S/C21H33NO2S.C17H28.C14H19BrO.C7H14.C6H12.C5H12O/c1-8-16(4)14-25-19(15(2)3)18-11-9-17(10-12-18)13-22-20(23)24-21(5,6)7;1-5-7-8-10-16(9-6-2)17-12-11-14(3)15(4)13-17;1-4-7-11-8-6-9-12(15)13(11)14(16)10(3)5-2;1-5-7(4)6(2)3;1-6-4-2-3-5-6;1-4-5(2)6-3/h9,11,14H,8,10,12-13H2,1-7H3,(H,22,23);11-13,16H,5-10H2,1-4H3;6,8-10H,4-5,7H2,1-3H3;7H,2,5H2,1,3-4H3;6H,2-5H2,1H3;5H,4H2,1-3H3. The molecule has 0 saturated heterocycles. The number of hydrogen-bond donors (Lipinski definition) is 1. The predicted octanol–water partition coefficient (Wildman–Crippen LogP) is 23.1. The molecule has 0 aromatic heterocycles. The minimum atomic E-state index is -0.461. The molecule has 1 N–H and O–H groups in total. The molecule has 1 amide bonds. The fourth-order valence-corrected chi connectivity index (χ4v) is 9.80. The summed E-state index contributed by atoms with van der Waals surface area (Å²) in [6.07, 6.45) is 26.8. The molecule has 4 rings (SSSR count). The second-order valence-electron chi connectivity index (χ2n) is 23.2. The molecule has 2 aromatic rings. The Hall–Kier alpha value is -3.13. The third-order valence-corrected chi connectivity index (χ3v) is 16.7. The Labute approximate surface area is 489 Å². The van der Waals surface area contributed by atoms with Gasteiger partial charge in [0.2, 0.25) is 0 Å². The summed E-state index contributed by atoms with van der Waals surface area (Å²) in [6.45, 7) is 46.8. The summed E-state index contributed by atoms with van der Waals surface area (Å²) < 4.78 is 11.1. The second-order valence-corrected chi connectivity index (χ2v) is 24.9. The van der Waals surface area contributed by atoms with Crippen molar-refractivity contribution < 1.29 is 19.1 Å². The molecule has 2 aromatic carbocycles. The number of halogens is 1. The van der Waals surface area contributed by atoms with Crippen molar-refractivity contribution in [2.75, 3.05) is 13.7 Å². The summed E-state index contributed by atoms with van der Waals surface area (Å²) >= 11 is 5.32. The van der Waals surface area contributed by atoms with Crippen molar-refractivity contribution in [1.29, 1.82) is 0 Å². The van der Waals surface area contributed by atoms with E-state index in [0.717, 1.165) is 66.8 Å². The van der Waals surface area contributed by atoms with Crippen LogP contribution < -0.4 is 5.32 Å². The minimum absolute atomic E-state index is 0.106. The van der Waals surface area contributed by atoms with E-state index in [9.17, 15) is 9.59 Å². The fourth-order valence-electron chi connectivity index (χ4n) is 8.16. The molecule has 2 aliphatic rings. The van der Waals surface area contributed by atoms with Crippen LogP contribution >= 0.6 is 27.7 Å². The molecule has 0 bridgehead atoms. The molecule has 0 spiro atoms. The van der Waals surface area contributed by atoms with E-state index in [2.05, 4.69) is 180 Å². The van der Waals surface area contributed by atoms with Gasteiger partial charge in [-0.25, -0.2) is 4.79 Å². The van der Waals surface area contributed by atoms with E-state index in [1.165, 1.54) is 120 Å². The number of ketones is 1. The number of aryl methyl sites for hydroxylation is 3. The first-order valence-electron chi connectivity index (χ1n) is 30.2. The van der Waals surface area contributed by atoms with E-state index >= 15 is 0 Å². The first-order valence-corrected chi connectivity index (χ1v) is 31.9. The lowest BCUT2D eigenvalue weighted by Crippen LogP contribution is -2.33. The Morgan fingerprint density at radius 3 is 1.87 bits per heavy atom. The van der Waals surface area contributed by atoms with Crippen LogP contribution in [0.4, 0.5) is 4.79 Å². The zero-order valence-corrected chi connectivity index (χ0v) is 56.0. The average molecular weight is 1150 g/mol. The zero-order valence-electron chi connectivity index (χ0n) is 53.6. The van der Waals surface area contributed by atoms with Crippen LogP contribution in [0.1, 0.15) is 272 Å². The lowest BCUT2D eigenvalue weighted by molar-refractivity contribution is 0.0532. The van der Waals surface area contributed by atoms with Crippen LogP contribution in [-0.4, -0.2) is 37.2 Å². The highest BCUT2D eigenvalue weighted by molar-refractivity contribution is 9.10. The number of rotatable bonds is 22. The Kier molecular flexibility index (Phi) is 44.0. The van der Waals surface area contributed by atoms with E-state index in [1.54, 1.807) is 12.7 Å². The summed E-state index contributed by atoms with van der Waals surface area (Å²) in [5, 5.41) is 5.09. The lowest BCUT2D eigenvalue weighted by Gasteiger charge is -2.21. The van der Waals surface area contributed by atoms with Gasteiger partial charge in [0, 0.05) is 34.5 Å². The van der Waals surface area contributed by atoms with E-state index < -0.39 is 5.60 Å². The van der Waals surface area contributed by atoms with Crippen LogP contribution in [0, 0.1) is 31.6 Å². The van der Waals surface area contributed by atoms with Gasteiger partial charge in [0.1, 0.15) is 5.60 Å². The Bertz CT molecular complexity index is 2060. The molecule has 5 nitrogen and oxygen atoms in total. The molecule has 0 heterocycles. The van der Waals surface area contributed by atoms with Crippen molar-refractivity contribution in [3.8, 4) is 0 Å². The average Bonchev–Trinajstić information content (AvgIpc) is 3.89. The molecule has 77 heavy (non-hydrogen) atoms. The molecular formula is C70H118BrNO4S. The number of carbonyl (C=O) groups excluding carboxylic acids is 2. The number of methoxy groups -OCH3 is 1. The highest BCUT2D eigenvalue weighted by atomic mass is 79.9. The van der Waals surface area contributed by atoms with Crippen molar-refractivity contribution in [2.24, 2.45) is 17.8 Å². The van der Waals surface area contributed by atoms with E-state index in [0.29, 0.717) is 18.6 Å². The summed E-state index contributed by atoms with van der Waals surface area (Å²) in [6, 6.07) is 13.0. The Morgan fingerprint density at radius 1 is 0.818 bits per heavy atom. The van der Waals surface area contributed by atoms with Gasteiger partial charge in [0.05, 0.1) is 6.10 Å². The van der Waals surface area contributed by atoms with Gasteiger partial charge in [-0.05, 0) is 184 Å². The third-order valence-electron chi connectivity index (χ3n) is 14.6. The zero-order chi connectivity index (χ0) is 59.1. The van der Waals surface area contributed by atoms with E-state index in [-0.39, 0.29) is 17.8 Å². The van der Waals surface area contributed by atoms with Crippen LogP contribution in [0.3, 0.4) is 0 Å². The number of nitrogens with one attached hydrogen (secondary N) is 1. The van der Waals surface area contributed by atoms with E-state index in [4.69, 9.17) is 9.47 Å². The number of benzene rings is 2. The predicted molar refractivity (Wildman–Crippen MR) is 348 cm³/mol. The molecular weight excluding hydrogens is 1030 g/mol. The second kappa shape index (κ2) is 44.6. The van der Waals surface area contributed by atoms with E-state index in [1.807, 2.05) is 51.6 Å². The van der Waals surface area contributed by atoms with Gasteiger partial charge in [-0.2, -0.15) is 0 Å². The minimum Gasteiger partial charge on any atom is -0.444 e. The van der Waals surface area contributed by atoms with Gasteiger partial charge >= 0.3 is 6.09 Å². The largest absolute Gasteiger partial charge is 0.444 e. The topological polar surface area (TPSA) is 64.6 Å². The van der Waals surface area contributed by atoms with Crippen molar-refractivity contribution >= 4 is 39.6 Å². The van der Waals surface area contributed by atoms with Crippen molar-refractivity contribution in [2.45, 2.75) is 272 Å². The number of Topliss-reactive ketones (excluding diaryl/α,β-unsaturated/α-hetero) is 1. The number of unbranched alkanes of at least 4 members (excludes halogenated alkanes) is 2. The maximum absolute atomic E-state index is 12.3.